The Morgan fingerprint density at radius 1 is 1.23 bits per heavy atom. The fourth-order valence-electron chi connectivity index (χ4n) is 2.54. The molecule has 0 saturated carbocycles. The van der Waals surface area contributed by atoms with E-state index in [1.165, 1.54) is 23.2 Å². The number of halogens is 1. The van der Waals surface area contributed by atoms with Crippen LogP contribution in [0.5, 0.6) is 0 Å². The lowest BCUT2D eigenvalue weighted by atomic mass is 10.0. The van der Waals surface area contributed by atoms with E-state index in [0.29, 0.717) is 25.1 Å². The minimum atomic E-state index is -0.428. The predicted molar refractivity (Wildman–Crippen MR) is 82.9 cm³/mol. The summed E-state index contributed by atoms with van der Waals surface area (Å²) in [5.74, 6) is -0.720. The molecule has 1 aliphatic rings. The lowest BCUT2D eigenvalue weighted by Gasteiger charge is -2.11. The van der Waals surface area contributed by atoms with Gasteiger partial charge in [0.1, 0.15) is 5.82 Å². The minimum absolute atomic E-state index is 0.292. The number of carbonyl (C=O) groups is 1. The van der Waals surface area contributed by atoms with Crippen molar-refractivity contribution in [2.45, 2.75) is 13.0 Å². The third-order valence-corrected chi connectivity index (χ3v) is 3.66. The van der Waals surface area contributed by atoms with Crippen LogP contribution in [0.3, 0.4) is 0 Å². The molecular weight excluding hydrogens is 281 g/mol. The van der Waals surface area contributed by atoms with E-state index in [2.05, 4.69) is 5.10 Å². The Morgan fingerprint density at radius 3 is 2.82 bits per heavy atom. The zero-order valence-corrected chi connectivity index (χ0v) is 12.0. The molecular formula is C17H16FN3O. The molecule has 5 heteroatoms. The summed E-state index contributed by atoms with van der Waals surface area (Å²) in [6.07, 6.45) is 0.665. The number of hydrogen-bond donors (Lipinski definition) is 1. The van der Waals surface area contributed by atoms with Crippen molar-refractivity contribution in [3.63, 3.8) is 0 Å². The number of hydrazone groups is 1. The molecule has 2 aromatic rings. The molecule has 0 radical (unpaired) electrons. The van der Waals surface area contributed by atoms with Crippen molar-refractivity contribution in [1.82, 2.24) is 5.01 Å². The van der Waals surface area contributed by atoms with Gasteiger partial charge in [0.05, 0.1) is 12.3 Å². The van der Waals surface area contributed by atoms with Gasteiger partial charge in [-0.05, 0) is 23.8 Å². The SMILES string of the molecule is NCc1ccccc1C1=NN(C(=O)c2cccc(F)c2)CC1. The summed E-state index contributed by atoms with van der Waals surface area (Å²) in [7, 11) is 0. The molecule has 112 valence electrons. The van der Waals surface area contributed by atoms with Gasteiger partial charge in [-0.25, -0.2) is 9.40 Å². The van der Waals surface area contributed by atoms with Crippen LogP contribution in [0, 0.1) is 5.82 Å². The molecule has 0 unspecified atom stereocenters. The van der Waals surface area contributed by atoms with Crippen LogP contribution >= 0.6 is 0 Å². The maximum absolute atomic E-state index is 13.2. The van der Waals surface area contributed by atoms with Gasteiger partial charge >= 0.3 is 0 Å². The number of carbonyl (C=O) groups excluding carboxylic acids is 1. The highest BCUT2D eigenvalue weighted by Gasteiger charge is 2.23. The number of benzene rings is 2. The first-order valence-electron chi connectivity index (χ1n) is 7.12. The van der Waals surface area contributed by atoms with E-state index in [4.69, 9.17) is 5.73 Å². The highest BCUT2D eigenvalue weighted by Crippen LogP contribution is 2.19. The Labute approximate surface area is 128 Å². The summed E-state index contributed by atoms with van der Waals surface area (Å²) in [5, 5.41) is 5.78. The van der Waals surface area contributed by atoms with E-state index in [9.17, 15) is 9.18 Å². The summed E-state index contributed by atoms with van der Waals surface area (Å²) >= 11 is 0. The molecule has 0 fully saturated rings. The number of hydrogen-bond acceptors (Lipinski definition) is 3. The van der Waals surface area contributed by atoms with Crippen molar-refractivity contribution in [2.75, 3.05) is 6.54 Å². The van der Waals surface area contributed by atoms with Gasteiger partial charge in [0.15, 0.2) is 0 Å². The number of nitrogens with zero attached hydrogens (tertiary/aromatic N) is 2. The molecule has 4 nitrogen and oxygen atoms in total. The van der Waals surface area contributed by atoms with Crippen molar-refractivity contribution >= 4 is 11.6 Å². The van der Waals surface area contributed by atoms with Crippen LogP contribution in [0.25, 0.3) is 0 Å². The summed E-state index contributed by atoms with van der Waals surface area (Å²) in [6, 6.07) is 13.4. The Morgan fingerprint density at radius 2 is 2.05 bits per heavy atom. The maximum Gasteiger partial charge on any atom is 0.274 e. The zero-order chi connectivity index (χ0) is 15.5. The minimum Gasteiger partial charge on any atom is -0.326 e. The fraction of sp³-hybridized carbons (Fsp3) is 0.176. The second kappa shape index (κ2) is 6.07. The van der Waals surface area contributed by atoms with Crippen LogP contribution in [-0.2, 0) is 6.54 Å². The maximum atomic E-state index is 13.2. The van der Waals surface area contributed by atoms with Crippen molar-refractivity contribution in [3.8, 4) is 0 Å². The highest BCUT2D eigenvalue weighted by atomic mass is 19.1. The second-order valence-corrected chi connectivity index (χ2v) is 5.10. The highest BCUT2D eigenvalue weighted by molar-refractivity contribution is 6.05. The van der Waals surface area contributed by atoms with Crippen molar-refractivity contribution in [2.24, 2.45) is 10.8 Å². The molecule has 0 saturated heterocycles. The number of nitrogens with two attached hydrogens (primary N) is 1. The first-order valence-corrected chi connectivity index (χ1v) is 7.12. The molecule has 1 amide bonds. The second-order valence-electron chi connectivity index (χ2n) is 5.10. The first-order chi connectivity index (χ1) is 10.7. The van der Waals surface area contributed by atoms with Crippen LogP contribution < -0.4 is 5.73 Å². The van der Waals surface area contributed by atoms with Gasteiger partial charge in [0.2, 0.25) is 0 Å². The van der Waals surface area contributed by atoms with Crippen molar-refractivity contribution < 1.29 is 9.18 Å². The number of amides is 1. The first kappa shape index (κ1) is 14.4. The van der Waals surface area contributed by atoms with Crippen LogP contribution in [0.15, 0.2) is 53.6 Å². The molecule has 0 aromatic heterocycles. The van der Waals surface area contributed by atoms with E-state index in [1.54, 1.807) is 6.07 Å². The lowest BCUT2D eigenvalue weighted by Crippen LogP contribution is -2.23. The normalized spacial score (nSPS) is 14.1. The molecule has 1 heterocycles. The molecule has 0 atom stereocenters. The Hall–Kier alpha value is -2.53. The van der Waals surface area contributed by atoms with Gasteiger partial charge in [-0.3, -0.25) is 4.79 Å². The summed E-state index contributed by atoms with van der Waals surface area (Å²) < 4.78 is 13.2. The molecule has 2 N–H and O–H groups in total. The third kappa shape index (κ3) is 2.76. The van der Waals surface area contributed by atoms with Gasteiger partial charge in [0.25, 0.3) is 5.91 Å². The topological polar surface area (TPSA) is 58.7 Å². The van der Waals surface area contributed by atoms with Crippen LogP contribution in [0.2, 0.25) is 0 Å². The van der Waals surface area contributed by atoms with Crippen LogP contribution in [-0.4, -0.2) is 23.2 Å². The summed E-state index contributed by atoms with van der Waals surface area (Å²) in [5.41, 5.74) is 8.86. The summed E-state index contributed by atoms with van der Waals surface area (Å²) in [4.78, 5) is 12.4. The Balaban J connectivity index is 1.86. The van der Waals surface area contributed by atoms with Gasteiger partial charge in [0, 0.05) is 24.1 Å². The molecule has 2 aromatic carbocycles. The standard InChI is InChI=1S/C17H16FN3O/c18-14-6-3-5-12(10-14)17(22)21-9-8-16(20-21)15-7-2-1-4-13(15)11-19/h1-7,10H,8-9,11,19H2. The zero-order valence-electron chi connectivity index (χ0n) is 12.0. The van der Waals surface area contributed by atoms with E-state index < -0.39 is 5.82 Å². The van der Waals surface area contributed by atoms with Crippen LogP contribution in [0.1, 0.15) is 27.9 Å². The Kier molecular flexibility index (Phi) is 3.98. The van der Waals surface area contributed by atoms with E-state index in [0.717, 1.165) is 16.8 Å². The quantitative estimate of drug-likeness (QED) is 0.946. The van der Waals surface area contributed by atoms with Gasteiger partial charge in [-0.2, -0.15) is 5.10 Å². The Bertz CT molecular complexity index is 742. The van der Waals surface area contributed by atoms with Gasteiger partial charge in [-0.1, -0.05) is 30.3 Å². The molecule has 1 aliphatic heterocycles. The molecule has 22 heavy (non-hydrogen) atoms. The molecule has 0 spiro atoms. The fourth-order valence-corrected chi connectivity index (χ4v) is 2.54. The smallest absolute Gasteiger partial charge is 0.274 e. The van der Waals surface area contributed by atoms with E-state index in [1.807, 2.05) is 24.3 Å². The average Bonchev–Trinajstić information content (AvgIpc) is 3.04. The van der Waals surface area contributed by atoms with Gasteiger partial charge in [-0.15, -0.1) is 0 Å². The third-order valence-electron chi connectivity index (χ3n) is 3.66. The van der Waals surface area contributed by atoms with Crippen molar-refractivity contribution in [1.29, 1.82) is 0 Å². The monoisotopic (exact) mass is 297 g/mol. The predicted octanol–water partition coefficient (Wildman–Crippen LogP) is 2.53. The summed E-state index contributed by atoms with van der Waals surface area (Å²) in [6.45, 7) is 0.913. The van der Waals surface area contributed by atoms with Gasteiger partial charge < -0.3 is 5.73 Å². The molecule has 0 bridgehead atoms. The average molecular weight is 297 g/mol. The molecule has 0 aliphatic carbocycles. The number of rotatable bonds is 3. The van der Waals surface area contributed by atoms with Crippen LogP contribution in [0.4, 0.5) is 4.39 Å². The largest absolute Gasteiger partial charge is 0.326 e. The van der Waals surface area contributed by atoms with E-state index in [-0.39, 0.29) is 5.91 Å². The molecule has 3 rings (SSSR count). The van der Waals surface area contributed by atoms with E-state index >= 15 is 0 Å². The van der Waals surface area contributed by atoms with Crippen molar-refractivity contribution in [3.05, 3.63) is 71.0 Å². The lowest BCUT2D eigenvalue weighted by molar-refractivity contribution is 0.0778.